The van der Waals surface area contributed by atoms with E-state index >= 15 is 0 Å². The van der Waals surface area contributed by atoms with Gasteiger partial charge >= 0.3 is 5.97 Å². The summed E-state index contributed by atoms with van der Waals surface area (Å²) >= 11 is 0. The maximum absolute atomic E-state index is 12.7. The summed E-state index contributed by atoms with van der Waals surface area (Å²) in [5, 5.41) is 0. The van der Waals surface area contributed by atoms with Crippen LogP contribution < -0.4 is 4.74 Å². The molecular weight excluding hydrogens is 318 g/mol. The standard InChI is InChI=1S/C20H25NO4/c1-19(2)13-10-15(19)20(3,16(22)11-13)25-18(23)12-7-8-21-17(9-12)24-14-5-4-6-14/h7-9,13-15H,4-6,10-11H2,1-3H3/t13-,15+,20-/m1/s1. The number of aromatic nitrogens is 1. The third-order valence-corrected chi connectivity index (χ3v) is 6.74. The molecule has 3 atom stereocenters. The molecule has 0 saturated heterocycles. The Hall–Kier alpha value is -1.91. The molecule has 2 bridgehead atoms. The lowest BCUT2D eigenvalue weighted by Gasteiger charge is -2.62. The molecule has 0 aliphatic heterocycles. The first-order valence-electron chi connectivity index (χ1n) is 9.20. The maximum atomic E-state index is 12.7. The molecule has 0 unspecified atom stereocenters. The van der Waals surface area contributed by atoms with Crippen LogP contribution in [0.2, 0.25) is 0 Å². The first kappa shape index (κ1) is 16.6. The topological polar surface area (TPSA) is 65.5 Å². The van der Waals surface area contributed by atoms with Crippen LogP contribution >= 0.6 is 0 Å². The number of nitrogens with zero attached hydrogens (tertiary/aromatic N) is 1. The Morgan fingerprint density at radius 1 is 1.28 bits per heavy atom. The van der Waals surface area contributed by atoms with Crippen molar-refractivity contribution in [2.75, 3.05) is 0 Å². The van der Waals surface area contributed by atoms with Crippen molar-refractivity contribution in [2.24, 2.45) is 17.3 Å². The Bertz CT molecular complexity index is 724. The Morgan fingerprint density at radius 3 is 2.68 bits per heavy atom. The summed E-state index contributed by atoms with van der Waals surface area (Å²) in [7, 11) is 0. The van der Waals surface area contributed by atoms with Crippen LogP contribution in [0.5, 0.6) is 5.88 Å². The molecule has 4 aliphatic rings. The second kappa shape index (κ2) is 5.55. The number of pyridine rings is 1. The zero-order chi connectivity index (χ0) is 17.8. The summed E-state index contributed by atoms with van der Waals surface area (Å²) in [6.45, 7) is 6.12. The van der Waals surface area contributed by atoms with Crippen LogP contribution in [-0.4, -0.2) is 28.4 Å². The largest absolute Gasteiger partial charge is 0.474 e. The van der Waals surface area contributed by atoms with Gasteiger partial charge in [0.15, 0.2) is 11.4 Å². The molecule has 0 aromatic carbocycles. The van der Waals surface area contributed by atoms with E-state index in [1.807, 2.05) is 0 Å². The summed E-state index contributed by atoms with van der Waals surface area (Å²) in [4.78, 5) is 29.4. The van der Waals surface area contributed by atoms with E-state index in [1.165, 1.54) is 6.42 Å². The lowest BCUT2D eigenvalue weighted by atomic mass is 9.44. The van der Waals surface area contributed by atoms with Crippen LogP contribution in [0.1, 0.15) is 63.2 Å². The average molecular weight is 343 g/mol. The molecule has 1 aromatic rings. The first-order valence-corrected chi connectivity index (χ1v) is 9.20. The molecule has 0 amide bonds. The molecule has 5 nitrogen and oxygen atoms in total. The summed E-state index contributed by atoms with van der Waals surface area (Å²) < 4.78 is 11.5. The molecule has 25 heavy (non-hydrogen) atoms. The van der Waals surface area contributed by atoms with E-state index in [0.717, 1.165) is 19.3 Å². The molecule has 5 heteroatoms. The number of Topliss-reactive ketones (excluding diaryl/α,β-unsaturated/α-hetero) is 1. The van der Waals surface area contributed by atoms with Gasteiger partial charge in [0.2, 0.25) is 5.88 Å². The van der Waals surface area contributed by atoms with Crippen LogP contribution in [0.4, 0.5) is 0 Å². The molecule has 4 saturated carbocycles. The minimum absolute atomic E-state index is 0.0413. The molecule has 5 rings (SSSR count). The highest BCUT2D eigenvalue weighted by atomic mass is 16.6. The molecule has 0 radical (unpaired) electrons. The predicted molar refractivity (Wildman–Crippen MR) is 91.3 cm³/mol. The number of ether oxygens (including phenoxy) is 2. The molecule has 134 valence electrons. The Morgan fingerprint density at radius 2 is 2.04 bits per heavy atom. The lowest BCUT2D eigenvalue weighted by molar-refractivity contribution is -0.196. The van der Waals surface area contributed by atoms with Gasteiger partial charge in [-0.3, -0.25) is 4.79 Å². The van der Waals surface area contributed by atoms with E-state index in [2.05, 4.69) is 18.8 Å². The van der Waals surface area contributed by atoms with Gasteiger partial charge in [-0.25, -0.2) is 9.78 Å². The van der Waals surface area contributed by atoms with Gasteiger partial charge in [-0.2, -0.15) is 0 Å². The van der Waals surface area contributed by atoms with Gasteiger partial charge in [0.25, 0.3) is 0 Å². The van der Waals surface area contributed by atoms with Crippen LogP contribution in [-0.2, 0) is 9.53 Å². The molecule has 4 aliphatic carbocycles. The zero-order valence-corrected chi connectivity index (χ0v) is 15.1. The van der Waals surface area contributed by atoms with Crippen molar-refractivity contribution < 1.29 is 19.1 Å². The minimum Gasteiger partial charge on any atom is -0.474 e. The fourth-order valence-corrected chi connectivity index (χ4v) is 4.56. The van der Waals surface area contributed by atoms with Crippen molar-refractivity contribution in [1.29, 1.82) is 0 Å². The zero-order valence-electron chi connectivity index (χ0n) is 15.1. The molecule has 4 fully saturated rings. The molecular formula is C20H25NO4. The molecule has 1 aromatic heterocycles. The van der Waals surface area contributed by atoms with E-state index in [1.54, 1.807) is 25.3 Å². The number of carbonyl (C=O) groups is 2. The van der Waals surface area contributed by atoms with Crippen molar-refractivity contribution >= 4 is 11.8 Å². The highest BCUT2D eigenvalue weighted by molar-refractivity contribution is 5.96. The monoisotopic (exact) mass is 343 g/mol. The molecule has 0 spiro atoms. The van der Waals surface area contributed by atoms with Crippen molar-refractivity contribution in [3.8, 4) is 5.88 Å². The highest BCUT2D eigenvalue weighted by Crippen LogP contribution is 2.62. The van der Waals surface area contributed by atoms with E-state index in [9.17, 15) is 9.59 Å². The SMILES string of the molecule is CC1(C)[C@H]2CC(=O)[C@](C)(OC(=O)c3ccnc(OC4CCC4)c3)[C@H]1C2. The van der Waals surface area contributed by atoms with Gasteiger partial charge in [-0.05, 0) is 50.0 Å². The van der Waals surface area contributed by atoms with Crippen LogP contribution in [0.25, 0.3) is 0 Å². The number of fused-ring (bicyclic) bond motifs is 2. The second-order valence-corrected chi connectivity index (χ2v) is 8.48. The molecule has 0 N–H and O–H groups in total. The van der Waals surface area contributed by atoms with Gasteiger partial charge in [0, 0.05) is 24.6 Å². The van der Waals surface area contributed by atoms with Crippen molar-refractivity contribution in [1.82, 2.24) is 4.98 Å². The van der Waals surface area contributed by atoms with Gasteiger partial charge in [-0.1, -0.05) is 13.8 Å². The second-order valence-electron chi connectivity index (χ2n) is 8.48. The fraction of sp³-hybridized carbons (Fsp3) is 0.650. The van der Waals surface area contributed by atoms with E-state index in [0.29, 0.717) is 23.8 Å². The predicted octanol–water partition coefficient (Wildman–Crippen LogP) is 3.56. The van der Waals surface area contributed by atoms with Gasteiger partial charge in [0.1, 0.15) is 6.10 Å². The van der Waals surface area contributed by atoms with Crippen molar-refractivity contribution in [3.05, 3.63) is 23.9 Å². The van der Waals surface area contributed by atoms with Gasteiger partial charge in [0.05, 0.1) is 5.56 Å². The third-order valence-electron chi connectivity index (χ3n) is 6.74. The van der Waals surface area contributed by atoms with Crippen LogP contribution in [0, 0.1) is 17.3 Å². The summed E-state index contributed by atoms with van der Waals surface area (Å²) in [6, 6.07) is 3.23. The minimum atomic E-state index is -1.03. The Balaban J connectivity index is 1.51. The number of carbonyl (C=O) groups excluding carboxylic acids is 2. The fourth-order valence-electron chi connectivity index (χ4n) is 4.56. The van der Waals surface area contributed by atoms with Crippen molar-refractivity contribution in [2.45, 2.75) is 64.6 Å². The number of hydrogen-bond acceptors (Lipinski definition) is 5. The van der Waals surface area contributed by atoms with Crippen molar-refractivity contribution in [3.63, 3.8) is 0 Å². The third kappa shape index (κ3) is 2.55. The quantitative estimate of drug-likeness (QED) is 0.782. The van der Waals surface area contributed by atoms with Crippen LogP contribution in [0.3, 0.4) is 0 Å². The van der Waals surface area contributed by atoms with Gasteiger partial charge < -0.3 is 9.47 Å². The number of rotatable bonds is 4. The number of ketones is 1. The normalized spacial score (nSPS) is 33.2. The van der Waals surface area contributed by atoms with E-state index in [-0.39, 0.29) is 23.2 Å². The average Bonchev–Trinajstić information content (AvgIpc) is 2.53. The Labute approximate surface area is 148 Å². The van der Waals surface area contributed by atoms with E-state index in [4.69, 9.17) is 9.47 Å². The van der Waals surface area contributed by atoms with Crippen LogP contribution in [0.15, 0.2) is 18.3 Å². The maximum Gasteiger partial charge on any atom is 0.339 e. The number of hydrogen-bond donors (Lipinski definition) is 0. The smallest absolute Gasteiger partial charge is 0.339 e. The number of esters is 1. The van der Waals surface area contributed by atoms with E-state index < -0.39 is 11.6 Å². The summed E-state index contributed by atoms with van der Waals surface area (Å²) in [5.41, 5.74) is -0.606. The van der Waals surface area contributed by atoms with Gasteiger partial charge in [-0.15, -0.1) is 0 Å². The summed E-state index contributed by atoms with van der Waals surface area (Å²) in [5.74, 6) is 0.519. The molecule has 1 heterocycles. The summed E-state index contributed by atoms with van der Waals surface area (Å²) in [6.07, 6.45) is 6.43. The highest BCUT2D eigenvalue weighted by Gasteiger charge is 2.65. The Kier molecular flexibility index (Phi) is 3.67. The first-order chi connectivity index (χ1) is 11.8. The lowest BCUT2D eigenvalue weighted by Crippen LogP contribution is -2.66.